The Hall–Kier alpha value is -1.65. The summed E-state index contributed by atoms with van der Waals surface area (Å²) in [5.41, 5.74) is 3.96. The number of rotatable bonds is 6. The van der Waals surface area contributed by atoms with Crippen LogP contribution in [0.25, 0.3) is 0 Å². The lowest BCUT2D eigenvalue weighted by molar-refractivity contribution is -0.197. The number of allylic oxidation sites excluding steroid dienone is 2. The van der Waals surface area contributed by atoms with E-state index in [0.717, 1.165) is 35.4 Å². The minimum atomic E-state index is -4.07. The van der Waals surface area contributed by atoms with Crippen molar-refractivity contribution >= 4 is 5.69 Å². The third-order valence-corrected chi connectivity index (χ3v) is 4.76. The predicted octanol–water partition coefficient (Wildman–Crippen LogP) is 6.18. The summed E-state index contributed by atoms with van der Waals surface area (Å²) >= 11 is 0. The van der Waals surface area contributed by atoms with Crippen LogP contribution in [0, 0.1) is 12.8 Å². The molecule has 5 heteroatoms. The molecule has 0 aliphatic heterocycles. The number of ether oxygens (including phenoxy) is 1. The van der Waals surface area contributed by atoms with Gasteiger partial charge in [0.25, 0.3) is 0 Å². The van der Waals surface area contributed by atoms with E-state index in [1.165, 1.54) is 0 Å². The van der Waals surface area contributed by atoms with Crippen molar-refractivity contribution in [3.63, 3.8) is 0 Å². The lowest BCUT2D eigenvalue weighted by Gasteiger charge is -2.37. The molecule has 1 saturated carbocycles. The van der Waals surface area contributed by atoms with Crippen molar-refractivity contribution in [3.8, 4) is 5.75 Å². The maximum absolute atomic E-state index is 12.7. The first-order valence-corrected chi connectivity index (χ1v) is 8.51. The molecule has 0 unspecified atom stereocenters. The van der Waals surface area contributed by atoms with Gasteiger partial charge in [-0.05, 0) is 61.8 Å². The number of hydrogen-bond donors (Lipinski definition) is 1. The van der Waals surface area contributed by atoms with Crippen LogP contribution in [0.5, 0.6) is 5.75 Å². The minimum absolute atomic E-state index is 0.0311. The van der Waals surface area contributed by atoms with Crippen molar-refractivity contribution in [1.82, 2.24) is 0 Å². The second kappa shape index (κ2) is 7.49. The number of alkyl halides is 3. The van der Waals surface area contributed by atoms with Crippen molar-refractivity contribution in [2.45, 2.75) is 58.5 Å². The molecule has 24 heavy (non-hydrogen) atoms. The van der Waals surface area contributed by atoms with Crippen LogP contribution in [0.3, 0.4) is 0 Å². The zero-order valence-electron chi connectivity index (χ0n) is 14.8. The Morgan fingerprint density at radius 3 is 2.46 bits per heavy atom. The lowest BCUT2D eigenvalue weighted by atomic mass is 9.70. The zero-order valence-corrected chi connectivity index (χ0v) is 14.8. The molecule has 134 valence electrons. The van der Waals surface area contributed by atoms with E-state index in [0.29, 0.717) is 5.75 Å². The van der Waals surface area contributed by atoms with Crippen molar-refractivity contribution in [1.29, 1.82) is 0 Å². The fourth-order valence-corrected chi connectivity index (χ4v) is 3.25. The molecule has 0 saturated heterocycles. The fraction of sp³-hybridized carbons (Fsp3) is 0.579. The van der Waals surface area contributed by atoms with E-state index in [9.17, 15) is 13.2 Å². The maximum atomic E-state index is 12.7. The number of methoxy groups -OCH3 is 1. The van der Waals surface area contributed by atoms with E-state index in [-0.39, 0.29) is 18.8 Å². The summed E-state index contributed by atoms with van der Waals surface area (Å²) < 4.78 is 43.6. The highest BCUT2D eigenvalue weighted by Crippen LogP contribution is 2.51. The van der Waals surface area contributed by atoms with Gasteiger partial charge in [-0.2, -0.15) is 13.2 Å². The topological polar surface area (TPSA) is 21.3 Å². The normalized spacial score (nSPS) is 21.4. The van der Waals surface area contributed by atoms with Crippen LogP contribution in [0.15, 0.2) is 23.9 Å². The van der Waals surface area contributed by atoms with Crippen molar-refractivity contribution < 1.29 is 17.9 Å². The monoisotopic (exact) mass is 341 g/mol. The summed E-state index contributed by atoms with van der Waals surface area (Å²) in [6.45, 7) is 6.11. The summed E-state index contributed by atoms with van der Waals surface area (Å²) in [5.74, 6) is -0.511. The van der Waals surface area contributed by atoms with E-state index < -0.39 is 12.1 Å². The highest BCUT2D eigenvalue weighted by atomic mass is 19.4. The van der Waals surface area contributed by atoms with Gasteiger partial charge in [0.1, 0.15) is 5.75 Å². The molecule has 1 N–H and O–H groups in total. The summed E-state index contributed by atoms with van der Waals surface area (Å²) in [6, 6.07) is 3.88. The Morgan fingerprint density at radius 1 is 1.29 bits per heavy atom. The van der Waals surface area contributed by atoms with E-state index in [4.69, 9.17) is 4.74 Å². The number of nitrogens with one attached hydrogen (secondary N) is 1. The summed E-state index contributed by atoms with van der Waals surface area (Å²) in [7, 11) is 1.59. The van der Waals surface area contributed by atoms with Gasteiger partial charge in [0, 0.05) is 5.70 Å². The number of anilines is 1. The molecular weight excluding hydrogens is 315 g/mol. The summed E-state index contributed by atoms with van der Waals surface area (Å²) in [6.07, 6.45) is 0.232. The van der Waals surface area contributed by atoms with Gasteiger partial charge in [-0.3, -0.25) is 0 Å². The lowest BCUT2D eigenvalue weighted by Crippen LogP contribution is -2.34. The molecule has 0 heterocycles. The Labute approximate surface area is 142 Å². The SMILES string of the molecule is CC/C=C(\CC)Nc1cc(C)c([C@H]2C[C@H](C(F)(F)F)C2)cc1OC. The van der Waals surface area contributed by atoms with E-state index in [2.05, 4.69) is 25.2 Å². The van der Waals surface area contributed by atoms with Crippen LogP contribution in [-0.4, -0.2) is 13.3 Å². The molecule has 0 amide bonds. The molecule has 1 aliphatic rings. The van der Waals surface area contributed by atoms with Crippen molar-refractivity contribution in [3.05, 3.63) is 35.0 Å². The Bertz CT molecular complexity index is 601. The molecule has 1 aromatic rings. The third-order valence-electron chi connectivity index (χ3n) is 4.76. The molecule has 0 spiro atoms. The van der Waals surface area contributed by atoms with Gasteiger partial charge in [-0.25, -0.2) is 0 Å². The molecule has 1 aromatic carbocycles. The van der Waals surface area contributed by atoms with Crippen LogP contribution >= 0.6 is 0 Å². The van der Waals surface area contributed by atoms with Gasteiger partial charge in [0.2, 0.25) is 0 Å². The molecule has 2 nitrogen and oxygen atoms in total. The maximum Gasteiger partial charge on any atom is 0.391 e. The second-order valence-electron chi connectivity index (χ2n) is 6.43. The highest BCUT2D eigenvalue weighted by Gasteiger charge is 2.48. The Balaban J connectivity index is 2.21. The van der Waals surface area contributed by atoms with Crippen LogP contribution < -0.4 is 10.1 Å². The minimum Gasteiger partial charge on any atom is -0.495 e. The van der Waals surface area contributed by atoms with Crippen LogP contribution in [0.4, 0.5) is 18.9 Å². The smallest absolute Gasteiger partial charge is 0.391 e. The molecule has 0 atom stereocenters. The third kappa shape index (κ3) is 4.05. The molecule has 0 radical (unpaired) electrons. The van der Waals surface area contributed by atoms with Gasteiger partial charge in [0.05, 0.1) is 18.7 Å². The Morgan fingerprint density at radius 2 is 1.96 bits per heavy atom. The number of halogens is 3. The first-order valence-electron chi connectivity index (χ1n) is 8.51. The fourth-order valence-electron chi connectivity index (χ4n) is 3.25. The van der Waals surface area contributed by atoms with Crippen molar-refractivity contribution in [2.75, 3.05) is 12.4 Å². The zero-order chi connectivity index (χ0) is 17.9. The number of aryl methyl sites for hydroxylation is 1. The van der Waals surface area contributed by atoms with E-state index >= 15 is 0 Å². The van der Waals surface area contributed by atoms with Crippen LogP contribution in [-0.2, 0) is 0 Å². The van der Waals surface area contributed by atoms with Gasteiger partial charge < -0.3 is 10.1 Å². The summed E-state index contributed by atoms with van der Waals surface area (Å²) in [5, 5.41) is 3.38. The van der Waals surface area contributed by atoms with Gasteiger partial charge in [-0.15, -0.1) is 0 Å². The predicted molar refractivity (Wildman–Crippen MR) is 91.5 cm³/mol. The van der Waals surface area contributed by atoms with Gasteiger partial charge in [0.15, 0.2) is 0 Å². The van der Waals surface area contributed by atoms with Crippen LogP contribution in [0.1, 0.15) is 56.6 Å². The summed E-state index contributed by atoms with van der Waals surface area (Å²) in [4.78, 5) is 0. The van der Waals surface area contributed by atoms with E-state index in [1.807, 2.05) is 19.1 Å². The first-order chi connectivity index (χ1) is 11.3. The van der Waals surface area contributed by atoms with Crippen LogP contribution in [0.2, 0.25) is 0 Å². The average Bonchev–Trinajstić information content (AvgIpc) is 2.45. The molecule has 0 aromatic heterocycles. The van der Waals surface area contributed by atoms with Crippen molar-refractivity contribution in [2.24, 2.45) is 5.92 Å². The largest absolute Gasteiger partial charge is 0.495 e. The van der Waals surface area contributed by atoms with Gasteiger partial charge >= 0.3 is 6.18 Å². The first kappa shape index (κ1) is 18.7. The number of benzene rings is 1. The Kier molecular flexibility index (Phi) is 5.83. The average molecular weight is 341 g/mol. The molecule has 1 aliphatic carbocycles. The highest BCUT2D eigenvalue weighted by molar-refractivity contribution is 5.63. The molecular formula is C19H26F3NO. The second-order valence-corrected chi connectivity index (χ2v) is 6.43. The molecule has 1 fully saturated rings. The standard InChI is InChI=1S/C19H26F3NO/c1-5-7-15(6-2)23-17-8-12(3)16(11-18(17)24-4)13-9-14(10-13)19(20,21)22/h7-8,11,13-14,23H,5-6,9-10H2,1-4H3/b15-7+/t13-,14-. The molecule has 0 bridgehead atoms. The van der Waals surface area contributed by atoms with E-state index in [1.54, 1.807) is 7.11 Å². The van der Waals surface area contributed by atoms with Gasteiger partial charge in [-0.1, -0.05) is 19.9 Å². The quantitative estimate of drug-likeness (QED) is 0.667. The number of hydrogen-bond acceptors (Lipinski definition) is 2. The molecule has 2 rings (SSSR count).